The van der Waals surface area contributed by atoms with Crippen LogP contribution in [-0.2, 0) is 28.6 Å². The third kappa shape index (κ3) is 49.3. The second kappa shape index (κ2) is 46.4. The zero-order chi connectivity index (χ0) is 44.9. The van der Waals surface area contributed by atoms with Crippen molar-refractivity contribution in [1.82, 2.24) is 0 Å². The Kier molecular flexibility index (Phi) is 45.2. The van der Waals surface area contributed by atoms with Gasteiger partial charge in [0, 0.05) is 19.3 Å². The van der Waals surface area contributed by atoms with Gasteiger partial charge in [0.15, 0.2) is 6.10 Å². The molecular weight excluding hydrogens is 757 g/mol. The van der Waals surface area contributed by atoms with Crippen LogP contribution in [0.15, 0.2) is 0 Å². The third-order valence-electron chi connectivity index (χ3n) is 12.4. The van der Waals surface area contributed by atoms with Crippen LogP contribution in [0.3, 0.4) is 0 Å². The van der Waals surface area contributed by atoms with Gasteiger partial charge >= 0.3 is 17.9 Å². The molecule has 0 saturated carbocycles. The lowest BCUT2D eigenvalue weighted by atomic mass is 10.0. The third-order valence-corrected chi connectivity index (χ3v) is 12.4. The van der Waals surface area contributed by atoms with Crippen LogP contribution in [0.4, 0.5) is 0 Å². The molecule has 0 unspecified atom stereocenters. The predicted octanol–water partition coefficient (Wildman–Crippen LogP) is 17.6. The molecule has 0 N–H and O–H groups in total. The number of rotatable bonds is 48. The van der Waals surface area contributed by atoms with Crippen molar-refractivity contribution in [2.45, 2.75) is 304 Å². The van der Waals surface area contributed by atoms with Crippen LogP contribution in [-0.4, -0.2) is 37.2 Å². The number of hydrogen-bond acceptors (Lipinski definition) is 6. The monoisotopic (exact) mass is 863 g/mol. The summed E-state index contributed by atoms with van der Waals surface area (Å²) in [4.78, 5) is 38.0. The maximum absolute atomic E-state index is 12.8. The van der Waals surface area contributed by atoms with Gasteiger partial charge in [-0.1, -0.05) is 260 Å². The molecule has 61 heavy (non-hydrogen) atoms. The predicted molar refractivity (Wildman–Crippen MR) is 261 cm³/mol. The summed E-state index contributed by atoms with van der Waals surface area (Å²) in [5.41, 5.74) is 0. The van der Waals surface area contributed by atoms with Gasteiger partial charge in [-0.3, -0.25) is 14.4 Å². The minimum Gasteiger partial charge on any atom is -0.462 e. The van der Waals surface area contributed by atoms with Crippen LogP contribution in [0.25, 0.3) is 0 Å². The molecule has 6 nitrogen and oxygen atoms in total. The highest BCUT2D eigenvalue weighted by Gasteiger charge is 2.19. The lowest BCUT2D eigenvalue weighted by Gasteiger charge is -2.18. The summed E-state index contributed by atoms with van der Waals surface area (Å²) < 4.78 is 16.8. The van der Waals surface area contributed by atoms with Crippen molar-refractivity contribution in [2.75, 3.05) is 13.2 Å². The van der Waals surface area contributed by atoms with Gasteiger partial charge in [0.05, 0.1) is 0 Å². The van der Waals surface area contributed by atoms with E-state index in [1.807, 2.05) is 0 Å². The lowest BCUT2D eigenvalue weighted by molar-refractivity contribution is -0.167. The highest BCUT2D eigenvalue weighted by atomic mass is 16.6. The van der Waals surface area contributed by atoms with E-state index in [2.05, 4.69) is 41.5 Å². The summed E-state index contributed by atoms with van der Waals surface area (Å²) in [6, 6.07) is 0. The van der Waals surface area contributed by atoms with Gasteiger partial charge in [-0.15, -0.1) is 0 Å². The normalized spacial score (nSPS) is 12.1. The molecule has 0 amide bonds. The summed E-state index contributed by atoms with van der Waals surface area (Å²) in [6.45, 7) is 13.7. The zero-order valence-corrected chi connectivity index (χ0v) is 42.0. The molecule has 0 aromatic rings. The Morgan fingerprint density at radius 3 is 0.705 bits per heavy atom. The maximum Gasteiger partial charge on any atom is 0.306 e. The van der Waals surface area contributed by atoms with Gasteiger partial charge in [0.25, 0.3) is 0 Å². The quantitative estimate of drug-likeness (QED) is 0.0344. The molecule has 0 bridgehead atoms. The molecule has 0 aliphatic heterocycles. The van der Waals surface area contributed by atoms with E-state index < -0.39 is 6.10 Å². The Hall–Kier alpha value is -1.59. The first kappa shape index (κ1) is 59.4. The van der Waals surface area contributed by atoms with Gasteiger partial charge < -0.3 is 14.2 Å². The summed E-state index contributed by atoms with van der Waals surface area (Å²) in [5.74, 6) is 1.61. The maximum atomic E-state index is 12.8. The van der Waals surface area contributed by atoms with Gasteiger partial charge in [0.1, 0.15) is 13.2 Å². The Balaban J connectivity index is 4.25. The number of carbonyl (C=O) groups excluding carboxylic acids is 3. The highest BCUT2D eigenvalue weighted by Crippen LogP contribution is 2.18. The molecule has 0 fully saturated rings. The summed E-state index contributed by atoms with van der Waals surface area (Å²) >= 11 is 0. The standard InChI is InChI=1S/C55H106O6/c1-49(2)41-35-29-23-17-13-11-9-7-8-10-12-14-19-26-32-38-44-53(56)59-47-52(61-55(58)46-40-34-28-22-21-25-31-37-43-51(5)6)48-60-54(57)45-39-33-27-20-16-15-18-24-30-36-42-50(3)4/h49-52H,7-48H2,1-6H3/t52-/m1/s1. The Morgan fingerprint density at radius 2 is 0.475 bits per heavy atom. The van der Waals surface area contributed by atoms with E-state index in [-0.39, 0.29) is 31.1 Å². The average molecular weight is 863 g/mol. The van der Waals surface area contributed by atoms with E-state index in [0.29, 0.717) is 19.3 Å². The molecule has 0 rings (SSSR count). The smallest absolute Gasteiger partial charge is 0.306 e. The Bertz CT molecular complexity index is 945. The largest absolute Gasteiger partial charge is 0.462 e. The fraction of sp³-hybridized carbons (Fsp3) is 0.945. The first-order valence-electron chi connectivity index (χ1n) is 27.1. The van der Waals surface area contributed by atoms with E-state index in [0.717, 1.165) is 75.5 Å². The molecule has 1 atom stereocenters. The molecule has 0 aromatic heterocycles. The van der Waals surface area contributed by atoms with Crippen LogP contribution >= 0.6 is 0 Å². The molecule has 362 valence electrons. The Morgan fingerprint density at radius 1 is 0.279 bits per heavy atom. The molecule has 0 aliphatic carbocycles. The first-order valence-corrected chi connectivity index (χ1v) is 27.1. The van der Waals surface area contributed by atoms with Crippen molar-refractivity contribution in [3.05, 3.63) is 0 Å². The van der Waals surface area contributed by atoms with E-state index in [4.69, 9.17) is 14.2 Å². The van der Waals surface area contributed by atoms with Crippen molar-refractivity contribution in [2.24, 2.45) is 17.8 Å². The van der Waals surface area contributed by atoms with Crippen molar-refractivity contribution in [3.8, 4) is 0 Å². The van der Waals surface area contributed by atoms with Crippen LogP contribution in [0, 0.1) is 17.8 Å². The first-order chi connectivity index (χ1) is 29.6. The highest BCUT2D eigenvalue weighted by molar-refractivity contribution is 5.71. The molecule has 0 radical (unpaired) electrons. The molecule has 0 aromatic carbocycles. The van der Waals surface area contributed by atoms with Crippen LogP contribution in [0.5, 0.6) is 0 Å². The number of unbranched alkanes of at least 4 members (excludes halogenated alkanes) is 31. The topological polar surface area (TPSA) is 78.9 Å². The van der Waals surface area contributed by atoms with E-state index in [1.165, 1.54) is 180 Å². The van der Waals surface area contributed by atoms with Gasteiger partial charge in [-0.05, 0) is 37.0 Å². The van der Waals surface area contributed by atoms with Crippen molar-refractivity contribution < 1.29 is 28.6 Å². The summed E-state index contributed by atoms with van der Waals surface area (Å²) in [6.07, 6.45) is 46.7. The molecule has 0 saturated heterocycles. The fourth-order valence-electron chi connectivity index (χ4n) is 8.29. The minimum absolute atomic E-state index is 0.0647. The summed E-state index contributed by atoms with van der Waals surface area (Å²) in [5, 5.41) is 0. The molecular formula is C55H106O6. The van der Waals surface area contributed by atoms with Crippen LogP contribution < -0.4 is 0 Å². The number of hydrogen-bond donors (Lipinski definition) is 0. The van der Waals surface area contributed by atoms with Crippen LogP contribution in [0.1, 0.15) is 298 Å². The summed E-state index contributed by atoms with van der Waals surface area (Å²) in [7, 11) is 0. The lowest BCUT2D eigenvalue weighted by Crippen LogP contribution is -2.30. The Labute approximate surface area is 380 Å². The van der Waals surface area contributed by atoms with Gasteiger partial charge in [-0.2, -0.15) is 0 Å². The van der Waals surface area contributed by atoms with E-state index in [1.54, 1.807) is 0 Å². The van der Waals surface area contributed by atoms with Crippen molar-refractivity contribution in [1.29, 1.82) is 0 Å². The number of carbonyl (C=O) groups is 3. The zero-order valence-electron chi connectivity index (χ0n) is 42.0. The number of ether oxygens (including phenoxy) is 3. The second-order valence-corrected chi connectivity index (χ2v) is 20.3. The van der Waals surface area contributed by atoms with Gasteiger partial charge in [0.2, 0.25) is 0 Å². The average Bonchev–Trinajstić information content (AvgIpc) is 3.22. The van der Waals surface area contributed by atoms with Crippen molar-refractivity contribution in [3.63, 3.8) is 0 Å². The van der Waals surface area contributed by atoms with E-state index in [9.17, 15) is 14.4 Å². The van der Waals surface area contributed by atoms with Crippen LogP contribution in [0.2, 0.25) is 0 Å². The second-order valence-electron chi connectivity index (χ2n) is 20.3. The molecule has 0 spiro atoms. The van der Waals surface area contributed by atoms with Gasteiger partial charge in [-0.25, -0.2) is 0 Å². The SMILES string of the molecule is CC(C)CCCCCCCCCCCCCCCCCCC(=O)OC[C@H](COC(=O)CCCCCCCCCCCCC(C)C)OC(=O)CCCCCCCCCCC(C)C. The number of esters is 3. The molecule has 6 heteroatoms. The van der Waals surface area contributed by atoms with Crippen molar-refractivity contribution >= 4 is 17.9 Å². The minimum atomic E-state index is -0.763. The molecule has 0 heterocycles. The van der Waals surface area contributed by atoms with E-state index >= 15 is 0 Å². The fourth-order valence-corrected chi connectivity index (χ4v) is 8.29. The molecule has 0 aliphatic rings.